The molecular weight excluding hydrogens is 282 g/mol. The smallest absolute Gasteiger partial charge is 0.123 e. The largest absolute Gasteiger partial charge is 0.327 e. The number of fused-ring (bicyclic) bond motifs is 1. The van der Waals surface area contributed by atoms with Crippen LogP contribution >= 0.6 is 0 Å². The summed E-state index contributed by atoms with van der Waals surface area (Å²) in [6.07, 6.45) is 2.01. The molecule has 2 nitrogen and oxygen atoms in total. The average molecular weight is 296 g/mol. The highest BCUT2D eigenvalue weighted by molar-refractivity contribution is 5.79. The molecule has 0 spiro atoms. The Labute approximate surface area is 127 Å². The van der Waals surface area contributed by atoms with Crippen molar-refractivity contribution in [2.24, 2.45) is 0 Å². The Hall–Kier alpha value is -2.49. The molecule has 0 atom stereocenters. The van der Waals surface area contributed by atoms with Gasteiger partial charge in [-0.1, -0.05) is 0 Å². The molecule has 2 aromatic carbocycles. The van der Waals surface area contributed by atoms with Gasteiger partial charge in [-0.05, 0) is 55.0 Å². The first-order valence-corrected chi connectivity index (χ1v) is 7.33. The van der Waals surface area contributed by atoms with Gasteiger partial charge < -0.3 is 4.57 Å². The number of aromatic nitrogens is 2. The van der Waals surface area contributed by atoms with Gasteiger partial charge in [0.25, 0.3) is 0 Å². The summed E-state index contributed by atoms with van der Waals surface area (Å²) in [5.41, 5.74) is 3.63. The van der Waals surface area contributed by atoms with Gasteiger partial charge in [0.2, 0.25) is 0 Å². The number of rotatable bonds is 2. The fourth-order valence-corrected chi connectivity index (χ4v) is 3.04. The van der Waals surface area contributed by atoms with E-state index in [-0.39, 0.29) is 11.6 Å². The topological polar surface area (TPSA) is 17.8 Å². The molecule has 0 bridgehead atoms. The average Bonchev–Trinajstić information content (AvgIpc) is 3.10. The molecule has 4 rings (SSSR count). The lowest BCUT2D eigenvalue weighted by Gasteiger charge is -2.08. The number of hydrogen-bond acceptors (Lipinski definition) is 1. The van der Waals surface area contributed by atoms with Crippen molar-refractivity contribution in [2.45, 2.75) is 19.4 Å². The first kappa shape index (κ1) is 13.2. The van der Waals surface area contributed by atoms with Crippen LogP contribution in [-0.4, -0.2) is 9.55 Å². The molecule has 1 aliphatic heterocycles. The number of aryl methyl sites for hydroxylation is 1. The summed E-state index contributed by atoms with van der Waals surface area (Å²) in [7, 11) is 0. The van der Waals surface area contributed by atoms with Gasteiger partial charge in [-0.2, -0.15) is 0 Å². The summed E-state index contributed by atoms with van der Waals surface area (Å²) < 4.78 is 28.6. The van der Waals surface area contributed by atoms with Crippen LogP contribution in [0.5, 0.6) is 0 Å². The summed E-state index contributed by atoms with van der Waals surface area (Å²) in [5, 5.41) is 0. The highest BCUT2D eigenvalue weighted by Gasteiger charge is 2.23. The zero-order chi connectivity index (χ0) is 15.1. The molecule has 0 N–H and O–H groups in total. The second-order valence-electron chi connectivity index (χ2n) is 5.49. The zero-order valence-electron chi connectivity index (χ0n) is 11.9. The number of hydrogen-bond donors (Lipinski definition) is 0. The maximum absolute atomic E-state index is 13.2. The maximum atomic E-state index is 13.2. The van der Waals surface area contributed by atoms with E-state index in [1.807, 2.05) is 0 Å². The Balaban J connectivity index is 1.92. The molecule has 0 saturated carbocycles. The van der Waals surface area contributed by atoms with Crippen molar-refractivity contribution in [1.82, 2.24) is 9.55 Å². The Morgan fingerprint density at radius 1 is 0.818 bits per heavy atom. The van der Waals surface area contributed by atoms with E-state index >= 15 is 0 Å². The molecule has 22 heavy (non-hydrogen) atoms. The van der Waals surface area contributed by atoms with Gasteiger partial charge in [0.1, 0.15) is 17.5 Å². The van der Waals surface area contributed by atoms with Crippen LogP contribution in [-0.2, 0) is 13.0 Å². The fourth-order valence-electron chi connectivity index (χ4n) is 3.04. The van der Waals surface area contributed by atoms with Gasteiger partial charge in [-0.25, -0.2) is 13.8 Å². The highest BCUT2D eigenvalue weighted by Crippen LogP contribution is 2.35. The van der Waals surface area contributed by atoms with E-state index < -0.39 is 0 Å². The predicted molar refractivity (Wildman–Crippen MR) is 81.3 cm³/mol. The predicted octanol–water partition coefficient (Wildman–Crippen LogP) is 4.44. The van der Waals surface area contributed by atoms with Crippen molar-refractivity contribution in [3.63, 3.8) is 0 Å². The molecule has 0 unspecified atom stereocenters. The summed E-state index contributed by atoms with van der Waals surface area (Å²) in [6, 6.07) is 12.8. The Morgan fingerprint density at radius 3 is 2.05 bits per heavy atom. The summed E-state index contributed by atoms with van der Waals surface area (Å²) >= 11 is 0. The third-order valence-electron chi connectivity index (χ3n) is 4.06. The van der Waals surface area contributed by atoms with E-state index in [2.05, 4.69) is 4.57 Å². The molecule has 0 amide bonds. The Morgan fingerprint density at radius 2 is 1.41 bits per heavy atom. The van der Waals surface area contributed by atoms with E-state index in [0.717, 1.165) is 47.7 Å². The Kier molecular flexibility index (Phi) is 3.03. The quantitative estimate of drug-likeness (QED) is 0.683. The Bertz CT molecular complexity index is 818. The van der Waals surface area contributed by atoms with Gasteiger partial charge in [-0.3, -0.25) is 0 Å². The van der Waals surface area contributed by atoms with Crippen molar-refractivity contribution < 1.29 is 8.78 Å². The number of halogens is 2. The molecule has 0 aliphatic carbocycles. The lowest BCUT2D eigenvalue weighted by Crippen LogP contribution is -1.96. The molecule has 0 saturated heterocycles. The van der Waals surface area contributed by atoms with Gasteiger partial charge in [0.15, 0.2) is 0 Å². The van der Waals surface area contributed by atoms with E-state index in [1.54, 1.807) is 24.3 Å². The van der Waals surface area contributed by atoms with Gasteiger partial charge in [0, 0.05) is 24.1 Å². The monoisotopic (exact) mass is 296 g/mol. The first-order valence-electron chi connectivity index (χ1n) is 7.33. The van der Waals surface area contributed by atoms with E-state index in [1.165, 1.54) is 24.3 Å². The molecular formula is C18H14F2N2. The van der Waals surface area contributed by atoms with Crippen LogP contribution in [0.25, 0.3) is 22.5 Å². The van der Waals surface area contributed by atoms with Crippen molar-refractivity contribution >= 4 is 0 Å². The number of benzene rings is 2. The van der Waals surface area contributed by atoms with E-state index in [4.69, 9.17) is 4.98 Å². The van der Waals surface area contributed by atoms with Gasteiger partial charge in [0.05, 0.1) is 11.4 Å². The van der Waals surface area contributed by atoms with Crippen molar-refractivity contribution in [3.8, 4) is 22.5 Å². The van der Waals surface area contributed by atoms with Gasteiger partial charge >= 0.3 is 0 Å². The normalized spacial score (nSPS) is 13.4. The van der Waals surface area contributed by atoms with Gasteiger partial charge in [-0.15, -0.1) is 0 Å². The molecule has 2 heterocycles. The third kappa shape index (κ3) is 2.11. The second-order valence-corrected chi connectivity index (χ2v) is 5.49. The lowest BCUT2D eigenvalue weighted by atomic mass is 10.0. The molecule has 1 aliphatic rings. The van der Waals surface area contributed by atoms with Crippen LogP contribution in [0.2, 0.25) is 0 Å². The van der Waals surface area contributed by atoms with Crippen LogP contribution in [0.4, 0.5) is 8.78 Å². The molecule has 0 fully saturated rings. The minimum absolute atomic E-state index is 0.256. The van der Waals surface area contributed by atoms with Crippen LogP contribution in [0.15, 0.2) is 48.5 Å². The van der Waals surface area contributed by atoms with Crippen LogP contribution < -0.4 is 0 Å². The van der Waals surface area contributed by atoms with Crippen LogP contribution in [0.1, 0.15) is 12.2 Å². The minimum Gasteiger partial charge on any atom is -0.327 e. The summed E-state index contributed by atoms with van der Waals surface area (Å²) in [5.74, 6) is 0.519. The standard InChI is InChI=1S/C18H14F2N2/c19-14-7-3-12(4-8-14)17-18(13-5-9-15(20)10-6-13)22-11-1-2-16(22)21-17/h3-10H,1-2,11H2. The molecule has 4 heteroatoms. The van der Waals surface area contributed by atoms with Crippen LogP contribution in [0.3, 0.4) is 0 Å². The maximum Gasteiger partial charge on any atom is 0.123 e. The summed E-state index contributed by atoms with van der Waals surface area (Å²) in [4.78, 5) is 4.74. The highest BCUT2D eigenvalue weighted by atomic mass is 19.1. The minimum atomic E-state index is -0.265. The van der Waals surface area contributed by atoms with Crippen molar-refractivity contribution in [1.29, 1.82) is 0 Å². The number of nitrogens with zero attached hydrogens (tertiary/aromatic N) is 2. The third-order valence-corrected chi connectivity index (χ3v) is 4.06. The fraction of sp³-hybridized carbons (Fsp3) is 0.167. The SMILES string of the molecule is Fc1ccc(-c2nc3n(c2-c2ccc(F)cc2)CCC3)cc1. The summed E-state index contributed by atoms with van der Waals surface area (Å²) in [6.45, 7) is 0.913. The van der Waals surface area contributed by atoms with Crippen molar-refractivity contribution in [2.75, 3.05) is 0 Å². The first-order chi connectivity index (χ1) is 10.7. The molecule has 110 valence electrons. The van der Waals surface area contributed by atoms with Crippen LogP contribution in [0, 0.1) is 11.6 Å². The van der Waals surface area contributed by atoms with E-state index in [9.17, 15) is 8.78 Å². The zero-order valence-corrected chi connectivity index (χ0v) is 11.9. The lowest BCUT2D eigenvalue weighted by molar-refractivity contribution is 0.627. The van der Waals surface area contributed by atoms with E-state index in [0.29, 0.717) is 0 Å². The molecule has 1 aromatic heterocycles. The second kappa shape index (κ2) is 5.05. The van der Waals surface area contributed by atoms with Crippen molar-refractivity contribution in [3.05, 3.63) is 66.0 Å². The molecule has 3 aromatic rings. The number of imidazole rings is 1. The molecule has 0 radical (unpaired) electrons.